The molecule has 1 saturated heterocycles. The molecule has 16 heavy (non-hydrogen) atoms. The molecular formula is C12H22N2OS. The second-order valence-corrected chi connectivity index (χ2v) is 6.85. The van der Waals surface area contributed by atoms with Crippen molar-refractivity contribution < 1.29 is 4.79 Å². The molecule has 1 unspecified atom stereocenters. The third-order valence-electron chi connectivity index (χ3n) is 3.27. The van der Waals surface area contributed by atoms with Crippen molar-refractivity contribution in [2.75, 3.05) is 18.8 Å². The van der Waals surface area contributed by atoms with Crippen molar-refractivity contribution in [3.63, 3.8) is 0 Å². The van der Waals surface area contributed by atoms with E-state index in [0.717, 1.165) is 13.1 Å². The van der Waals surface area contributed by atoms with Crippen LogP contribution in [0.5, 0.6) is 0 Å². The summed E-state index contributed by atoms with van der Waals surface area (Å²) in [5, 5.41) is 6.42. The van der Waals surface area contributed by atoms with Crippen LogP contribution in [0.15, 0.2) is 0 Å². The van der Waals surface area contributed by atoms with Crippen LogP contribution in [0.2, 0.25) is 0 Å². The molecule has 92 valence electrons. The van der Waals surface area contributed by atoms with Crippen LogP contribution >= 0.6 is 11.8 Å². The first-order chi connectivity index (χ1) is 7.68. The number of carbonyl (C=O) groups is 1. The van der Waals surface area contributed by atoms with Crippen LogP contribution in [-0.4, -0.2) is 35.5 Å². The van der Waals surface area contributed by atoms with Crippen LogP contribution in [0.25, 0.3) is 0 Å². The fourth-order valence-electron chi connectivity index (χ4n) is 2.06. The zero-order valence-electron chi connectivity index (χ0n) is 10.1. The van der Waals surface area contributed by atoms with E-state index in [2.05, 4.69) is 29.3 Å². The molecule has 0 radical (unpaired) electrons. The molecule has 3 nitrogen and oxygen atoms in total. The molecule has 1 amide bonds. The van der Waals surface area contributed by atoms with Crippen LogP contribution in [0.1, 0.15) is 39.0 Å². The van der Waals surface area contributed by atoms with Gasteiger partial charge in [-0.3, -0.25) is 4.79 Å². The van der Waals surface area contributed by atoms with Gasteiger partial charge in [0.15, 0.2) is 0 Å². The lowest BCUT2D eigenvalue weighted by Crippen LogP contribution is -2.35. The van der Waals surface area contributed by atoms with Gasteiger partial charge in [-0.05, 0) is 38.4 Å². The predicted octanol–water partition coefficient (Wildman–Crippen LogP) is 1.53. The zero-order chi connectivity index (χ0) is 11.4. The molecule has 1 atom stereocenters. The van der Waals surface area contributed by atoms with Gasteiger partial charge in [-0.1, -0.05) is 0 Å². The highest BCUT2D eigenvalue weighted by molar-refractivity contribution is 8.00. The molecule has 2 aliphatic rings. The number of hydrogen-bond acceptors (Lipinski definition) is 3. The van der Waals surface area contributed by atoms with Gasteiger partial charge in [0, 0.05) is 30.3 Å². The second kappa shape index (κ2) is 5.41. The van der Waals surface area contributed by atoms with Gasteiger partial charge in [-0.15, -0.1) is 0 Å². The molecule has 1 aliphatic carbocycles. The molecule has 1 heterocycles. The van der Waals surface area contributed by atoms with Gasteiger partial charge in [0.2, 0.25) is 5.91 Å². The molecular weight excluding hydrogens is 220 g/mol. The Morgan fingerprint density at radius 3 is 2.94 bits per heavy atom. The lowest BCUT2D eigenvalue weighted by Gasteiger charge is -2.22. The van der Waals surface area contributed by atoms with E-state index in [1.165, 1.54) is 31.4 Å². The number of hydrogen-bond donors (Lipinski definition) is 2. The average molecular weight is 242 g/mol. The van der Waals surface area contributed by atoms with Gasteiger partial charge < -0.3 is 10.6 Å². The number of amides is 1. The second-order valence-electron chi connectivity index (χ2n) is 5.17. The fourth-order valence-corrected chi connectivity index (χ4v) is 3.33. The van der Waals surface area contributed by atoms with Crippen molar-refractivity contribution >= 4 is 17.7 Å². The highest BCUT2D eigenvalue weighted by Gasteiger charge is 2.28. The molecule has 0 aromatic carbocycles. The molecule has 2 fully saturated rings. The predicted molar refractivity (Wildman–Crippen MR) is 68.7 cm³/mol. The van der Waals surface area contributed by atoms with E-state index >= 15 is 0 Å². The first-order valence-electron chi connectivity index (χ1n) is 6.32. The summed E-state index contributed by atoms with van der Waals surface area (Å²) in [5.74, 6) is 1.50. The quantitative estimate of drug-likeness (QED) is 0.694. The molecule has 0 bridgehead atoms. The van der Waals surface area contributed by atoms with E-state index < -0.39 is 0 Å². The number of rotatable bonds is 6. The first kappa shape index (κ1) is 12.2. The minimum Gasteiger partial charge on any atom is -0.353 e. The number of nitrogens with one attached hydrogen (secondary N) is 2. The standard InChI is InChI=1S/C12H22N2OS/c1-12(6-2-8-16-12)9-13-7-5-11(15)14-10-3-4-10/h10,13H,2-9H2,1H3,(H,14,15). The van der Waals surface area contributed by atoms with E-state index in [1.54, 1.807) is 0 Å². The Kier molecular flexibility index (Phi) is 4.14. The first-order valence-corrected chi connectivity index (χ1v) is 7.31. The third kappa shape index (κ3) is 3.98. The molecule has 0 aromatic rings. The van der Waals surface area contributed by atoms with Crippen LogP contribution in [0.4, 0.5) is 0 Å². The van der Waals surface area contributed by atoms with Crippen LogP contribution < -0.4 is 10.6 Å². The van der Waals surface area contributed by atoms with Gasteiger partial charge in [0.05, 0.1) is 0 Å². The minimum atomic E-state index is 0.208. The summed E-state index contributed by atoms with van der Waals surface area (Å²) < 4.78 is 0.410. The molecule has 1 aliphatic heterocycles. The lowest BCUT2D eigenvalue weighted by molar-refractivity contribution is -0.121. The van der Waals surface area contributed by atoms with E-state index in [-0.39, 0.29) is 5.91 Å². The Labute approximate surface area is 102 Å². The molecule has 0 aromatic heterocycles. The van der Waals surface area contributed by atoms with Crippen LogP contribution in [-0.2, 0) is 4.79 Å². The van der Waals surface area contributed by atoms with E-state index in [0.29, 0.717) is 17.2 Å². The summed E-state index contributed by atoms with van der Waals surface area (Å²) in [5.41, 5.74) is 0. The zero-order valence-corrected chi connectivity index (χ0v) is 10.9. The Hall–Kier alpha value is -0.220. The van der Waals surface area contributed by atoms with Crippen molar-refractivity contribution in [1.82, 2.24) is 10.6 Å². The fraction of sp³-hybridized carbons (Fsp3) is 0.917. The van der Waals surface area contributed by atoms with Gasteiger partial charge in [0.25, 0.3) is 0 Å². The Morgan fingerprint density at radius 2 is 2.31 bits per heavy atom. The molecule has 2 rings (SSSR count). The average Bonchev–Trinajstić information content (AvgIpc) is 2.95. The maximum atomic E-state index is 11.4. The summed E-state index contributed by atoms with van der Waals surface area (Å²) in [7, 11) is 0. The topological polar surface area (TPSA) is 41.1 Å². The third-order valence-corrected chi connectivity index (χ3v) is 4.81. The molecule has 1 saturated carbocycles. The summed E-state index contributed by atoms with van der Waals surface area (Å²) >= 11 is 2.06. The summed E-state index contributed by atoms with van der Waals surface area (Å²) in [6.45, 7) is 4.17. The number of thioether (sulfide) groups is 1. The highest BCUT2D eigenvalue weighted by atomic mass is 32.2. The van der Waals surface area contributed by atoms with E-state index in [1.807, 2.05) is 0 Å². The molecule has 2 N–H and O–H groups in total. The Balaban J connectivity index is 1.52. The van der Waals surface area contributed by atoms with Gasteiger partial charge in [-0.2, -0.15) is 11.8 Å². The Morgan fingerprint density at radius 1 is 1.50 bits per heavy atom. The smallest absolute Gasteiger partial charge is 0.221 e. The van der Waals surface area contributed by atoms with Crippen molar-refractivity contribution in [2.45, 2.75) is 49.8 Å². The van der Waals surface area contributed by atoms with E-state index in [4.69, 9.17) is 0 Å². The largest absolute Gasteiger partial charge is 0.353 e. The van der Waals surface area contributed by atoms with Gasteiger partial charge >= 0.3 is 0 Å². The summed E-state index contributed by atoms with van der Waals surface area (Å²) in [6, 6.07) is 0.496. The van der Waals surface area contributed by atoms with Gasteiger partial charge in [-0.25, -0.2) is 0 Å². The van der Waals surface area contributed by atoms with E-state index in [9.17, 15) is 4.79 Å². The Bertz CT molecular complexity index is 247. The van der Waals surface area contributed by atoms with Crippen molar-refractivity contribution in [2.24, 2.45) is 0 Å². The van der Waals surface area contributed by atoms with Crippen molar-refractivity contribution in [3.05, 3.63) is 0 Å². The normalized spacial score (nSPS) is 29.3. The van der Waals surface area contributed by atoms with Crippen molar-refractivity contribution in [3.8, 4) is 0 Å². The summed E-state index contributed by atoms with van der Waals surface area (Å²) in [6.07, 6.45) is 5.61. The number of carbonyl (C=O) groups excluding carboxylic acids is 1. The highest BCUT2D eigenvalue weighted by Crippen LogP contribution is 2.36. The van der Waals surface area contributed by atoms with Crippen LogP contribution in [0, 0.1) is 0 Å². The maximum Gasteiger partial charge on any atom is 0.221 e. The van der Waals surface area contributed by atoms with Crippen LogP contribution in [0.3, 0.4) is 0 Å². The van der Waals surface area contributed by atoms with Crippen molar-refractivity contribution in [1.29, 1.82) is 0 Å². The minimum absolute atomic E-state index is 0.208. The maximum absolute atomic E-state index is 11.4. The summed E-state index contributed by atoms with van der Waals surface area (Å²) in [4.78, 5) is 11.4. The molecule has 4 heteroatoms. The SMILES string of the molecule is CC1(CNCCC(=O)NC2CC2)CCCS1. The van der Waals surface area contributed by atoms with Gasteiger partial charge in [0.1, 0.15) is 0 Å². The lowest BCUT2D eigenvalue weighted by atomic mass is 10.1. The molecule has 0 spiro atoms. The monoisotopic (exact) mass is 242 g/mol.